The van der Waals surface area contributed by atoms with Gasteiger partial charge in [-0.05, 0) is 49.6 Å². The lowest BCUT2D eigenvalue weighted by molar-refractivity contribution is 0.899. The van der Waals surface area contributed by atoms with E-state index in [2.05, 4.69) is 48.7 Å². The van der Waals surface area contributed by atoms with Gasteiger partial charge in [0.15, 0.2) is 5.65 Å². The lowest BCUT2D eigenvalue weighted by atomic mass is 10.1. The van der Waals surface area contributed by atoms with E-state index in [1.54, 1.807) is 0 Å². The minimum atomic E-state index is 0.646. The molecule has 0 amide bonds. The third kappa shape index (κ3) is 2.61. The fourth-order valence-corrected chi connectivity index (χ4v) is 3.05. The molecule has 0 aliphatic rings. The van der Waals surface area contributed by atoms with Gasteiger partial charge >= 0.3 is 0 Å². The molecule has 1 aromatic carbocycles. The first-order chi connectivity index (χ1) is 10.6. The van der Waals surface area contributed by atoms with E-state index in [9.17, 15) is 0 Å². The van der Waals surface area contributed by atoms with Crippen molar-refractivity contribution in [2.24, 2.45) is 0 Å². The van der Waals surface area contributed by atoms with Gasteiger partial charge in [-0.15, -0.1) is 11.6 Å². The molecule has 22 heavy (non-hydrogen) atoms. The zero-order chi connectivity index (χ0) is 15.7. The van der Waals surface area contributed by atoms with Gasteiger partial charge in [-0.25, -0.2) is 9.97 Å². The molecule has 0 aliphatic heterocycles. The predicted octanol–water partition coefficient (Wildman–Crippen LogP) is 4.38. The third-order valence-corrected chi connectivity index (χ3v) is 4.09. The van der Waals surface area contributed by atoms with Gasteiger partial charge in [0.05, 0.1) is 0 Å². The molecule has 0 atom stereocenters. The van der Waals surface area contributed by atoms with Gasteiger partial charge in [0.2, 0.25) is 0 Å². The Labute approximate surface area is 136 Å². The van der Waals surface area contributed by atoms with Crippen LogP contribution in [0.3, 0.4) is 0 Å². The number of hydrogen-bond donors (Lipinski definition) is 0. The summed E-state index contributed by atoms with van der Waals surface area (Å²) in [5, 5.41) is 0. The smallest absolute Gasteiger partial charge is 0.165 e. The summed E-state index contributed by atoms with van der Waals surface area (Å²) in [6, 6.07) is 10.6. The molecule has 0 N–H and O–H groups in total. The summed E-state index contributed by atoms with van der Waals surface area (Å²) in [7, 11) is 0. The van der Waals surface area contributed by atoms with Crippen LogP contribution >= 0.6 is 11.6 Å². The summed E-state index contributed by atoms with van der Waals surface area (Å²) in [5.74, 6) is 1.69. The van der Waals surface area contributed by atoms with Crippen LogP contribution in [0.1, 0.15) is 29.6 Å². The molecule has 0 unspecified atom stereocenters. The Morgan fingerprint density at radius 3 is 2.45 bits per heavy atom. The summed E-state index contributed by atoms with van der Waals surface area (Å²) in [4.78, 5) is 9.51. The van der Waals surface area contributed by atoms with Gasteiger partial charge in [-0.1, -0.05) is 19.1 Å². The monoisotopic (exact) mass is 313 g/mol. The number of pyridine rings is 1. The highest BCUT2D eigenvalue weighted by molar-refractivity contribution is 6.17. The Balaban J connectivity index is 2.20. The fraction of sp³-hybridized carbons (Fsp3) is 0.333. The number of alkyl halides is 1. The van der Waals surface area contributed by atoms with Crippen molar-refractivity contribution in [3.63, 3.8) is 0 Å². The van der Waals surface area contributed by atoms with Crippen LogP contribution < -0.4 is 0 Å². The first kappa shape index (κ1) is 15.0. The highest BCUT2D eigenvalue weighted by Gasteiger charge is 2.14. The van der Waals surface area contributed by atoms with E-state index in [1.165, 1.54) is 11.1 Å². The number of imidazole rings is 1. The van der Waals surface area contributed by atoms with Gasteiger partial charge < -0.3 is 0 Å². The Hall–Kier alpha value is -1.87. The van der Waals surface area contributed by atoms with Crippen LogP contribution in [0.4, 0.5) is 0 Å². The second-order valence-electron chi connectivity index (χ2n) is 5.58. The van der Waals surface area contributed by atoms with Crippen molar-refractivity contribution in [2.45, 2.75) is 33.6 Å². The standard InChI is InChI=1S/C18H20ClN3/c1-4-16-21-17-12(2)11-13(3)20-18(17)22(16)15-7-5-14(6-8-15)9-10-19/h5-8,11H,4,9-10H2,1-3H3. The van der Waals surface area contributed by atoms with Crippen molar-refractivity contribution in [3.05, 3.63) is 53.0 Å². The van der Waals surface area contributed by atoms with E-state index in [0.717, 1.165) is 41.2 Å². The average Bonchev–Trinajstić information content (AvgIpc) is 2.87. The molecule has 0 saturated heterocycles. The highest BCUT2D eigenvalue weighted by atomic mass is 35.5. The Bertz CT molecular complexity index is 803. The van der Waals surface area contributed by atoms with E-state index in [-0.39, 0.29) is 0 Å². The topological polar surface area (TPSA) is 30.7 Å². The second kappa shape index (κ2) is 6.09. The van der Waals surface area contributed by atoms with E-state index >= 15 is 0 Å². The SMILES string of the molecule is CCc1nc2c(C)cc(C)nc2n1-c1ccc(CCCl)cc1. The van der Waals surface area contributed by atoms with Crippen molar-refractivity contribution in [1.29, 1.82) is 0 Å². The fourth-order valence-electron chi connectivity index (χ4n) is 2.83. The summed E-state index contributed by atoms with van der Waals surface area (Å²) < 4.78 is 2.17. The molecule has 2 heterocycles. The lowest BCUT2D eigenvalue weighted by Gasteiger charge is -2.09. The van der Waals surface area contributed by atoms with Gasteiger partial charge in [-0.2, -0.15) is 0 Å². The molecule has 4 heteroatoms. The highest BCUT2D eigenvalue weighted by Crippen LogP contribution is 2.24. The number of fused-ring (bicyclic) bond motifs is 1. The van der Waals surface area contributed by atoms with Crippen LogP contribution in [0.5, 0.6) is 0 Å². The molecule has 0 radical (unpaired) electrons. The minimum Gasteiger partial charge on any atom is -0.281 e. The summed E-state index contributed by atoms with van der Waals surface area (Å²) in [6.45, 7) is 6.25. The van der Waals surface area contributed by atoms with Crippen LogP contribution in [0.15, 0.2) is 30.3 Å². The van der Waals surface area contributed by atoms with Crippen molar-refractivity contribution in [3.8, 4) is 5.69 Å². The van der Waals surface area contributed by atoms with Crippen LogP contribution in [0, 0.1) is 13.8 Å². The zero-order valence-electron chi connectivity index (χ0n) is 13.2. The molecular weight excluding hydrogens is 294 g/mol. The summed E-state index contributed by atoms with van der Waals surface area (Å²) in [6.07, 6.45) is 1.77. The maximum Gasteiger partial charge on any atom is 0.165 e. The van der Waals surface area contributed by atoms with Crippen molar-refractivity contribution < 1.29 is 0 Å². The molecule has 0 saturated carbocycles. The molecule has 0 aliphatic carbocycles. The summed E-state index contributed by atoms with van der Waals surface area (Å²) in [5.41, 5.74) is 6.49. The van der Waals surface area contributed by atoms with E-state index in [0.29, 0.717) is 5.88 Å². The van der Waals surface area contributed by atoms with Gasteiger partial charge in [0.1, 0.15) is 11.3 Å². The van der Waals surface area contributed by atoms with Gasteiger partial charge in [-0.3, -0.25) is 4.57 Å². The van der Waals surface area contributed by atoms with E-state index in [4.69, 9.17) is 21.6 Å². The summed E-state index contributed by atoms with van der Waals surface area (Å²) >= 11 is 5.81. The largest absolute Gasteiger partial charge is 0.281 e. The average molecular weight is 314 g/mol. The zero-order valence-corrected chi connectivity index (χ0v) is 14.0. The Morgan fingerprint density at radius 1 is 1.09 bits per heavy atom. The normalized spacial score (nSPS) is 11.3. The van der Waals surface area contributed by atoms with Gasteiger partial charge in [0, 0.05) is 23.7 Å². The number of aromatic nitrogens is 3. The first-order valence-electron chi connectivity index (χ1n) is 7.65. The van der Waals surface area contributed by atoms with E-state index < -0.39 is 0 Å². The number of rotatable bonds is 4. The predicted molar refractivity (Wildman–Crippen MR) is 92.1 cm³/mol. The number of hydrogen-bond acceptors (Lipinski definition) is 2. The molecule has 2 aromatic heterocycles. The van der Waals surface area contributed by atoms with Crippen LogP contribution in [0.25, 0.3) is 16.9 Å². The molecule has 3 aromatic rings. The maximum absolute atomic E-state index is 5.81. The molecular formula is C18H20ClN3. The number of benzene rings is 1. The molecule has 114 valence electrons. The molecule has 0 spiro atoms. The van der Waals surface area contributed by atoms with E-state index in [1.807, 2.05) is 6.92 Å². The number of halogens is 1. The maximum atomic E-state index is 5.81. The first-order valence-corrected chi connectivity index (χ1v) is 8.18. The van der Waals surface area contributed by atoms with Crippen LogP contribution in [-0.4, -0.2) is 20.4 Å². The second-order valence-corrected chi connectivity index (χ2v) is 5.95. The molecule has 0 bridgehead atoms. The Morgan fingerprint density at radius 2 is 1.82 bits per heavy atom. The van der Waals surface area contributed by atoms with Crippen LogP contribution in [-0.2, 0) is 12.8 Å². The Kier molecular flexibility index (Phi) is 4.16. The quantitative estimate of drug-likeness (QED) is 0.669. The van der Waals surface area contributed by atoms with Crippen molar-refractivity contribution >= 4 is 22.8 Å². The van der Waals surface area contributed by atoms with Crippen molar-refractivity contribution in [2.75, 3.05) is 5.88 Å². The van der Waals surface area contributed by atoms with Crippen LogP contribution in [0.2, 0.25) is 0 Å². The lowest BCUT2D eigenvalue weighted by Crippen LogP contribution is -2.02. The van der Waals surface area contributed by atoms with Gasteiger partial charge in [0.25, 0.3) is 0 Å². The minimum absolute atomic E-state index is 0.646. The van der Waals surface area contributed by atoms with Crippen molar-refractivity contribution in [1.82, 2.24) is 14.5 Å². The molecule has 0 fully saturated rings. The molecule has 3 nitrogen and oxygen atoms in total. The number of aryl methyl sites for hydroxylation is 4. The molecule has 3 rings (SSSR count). The number of nitrogens with zero attached hydrogens (tertiary/aromatic N) is 3. The third-order valence-electron chi connectivity index (χ3n) is 3.90.